The highest BCUT2D eigenvalue weighted by Crippen LogP contribution is 2.14. The Balaban J connectivity index is 2.38. The molecule has 6 nitrogen and oxygen atoms in total. The van der Waals surface area contributed by atoms with Gasteiger partial charge in [-0.15, -0.1) is 0 Å². The first-order valence-electron chi connectivity index (χ1n) is 7.38. The molecule has 0 radical (unpaired) electrons. The normalized spacial score (nSPS) is 16.5. The van der Waals surface area contributed by atoms with Crippen molar-refractivity contribution in [3.8, 4) is 0 Å². The van der Waals surface area contributed by atoms with E-state index < -0.39 is 5.97 Å². The number of urea groups is 1. The van der Waals surface area contributed by atoms with E-state index in [0.717, 1.165) is 31.1 Å². The molecule has 1 rings (SSSR count). The average molecular weight is 317 g/mol. The van der Waals surface area contributed by atoms with E-state index in [4.69, 9.17) is 5.11 Å². The number of carboxylic acids is 1. The summed E-state index contributed by atoms with van der Waals surface area (Å²) >= 11 is 1.96. The molecule has 2 N–H and O–H groups in total. The molecule has 0 aliphatic carbocycles. The zero-order chi connectivity index (χ0) is 15.9. The molecule has 0 bridgehead atoms. The van der Waals surface area contributed by atoms with Crippen LogP contribution in [0.1, 0.15) is 27.2 Å². The minimum atomic E-state index is -0.886. The first kappa shape index (κ1) is 18.1. The Morgan fingerprint density at radius 2 is 1.90 bits per heavy atom. The van der Waals surface area contributed by atoms with Gasteiger partial charge in [-0.2, -0.15) is 11.8 Å². The molecular formula is C14H27N3O3S. The van der Waals surface area contributed by atoms with Gasteiger partial charge in [0.1, 0.15) is 0 Å². The van der Waals surface area contributed by atoms with E-state index in [1.54, 1.807) is 4.90 Å². The molecule has 0 spiro atoms. The monoisotopic (exact) mass is 317 g/mol. The summed E-state index contributed by atoms with van der Waals surface area (Å²) in [6, 6.07) is -0.185. The molecule has 1 fully saturated rings. The van der Waals surface area contributed by atoms with Crippen LogP contribution in [0.25, 0.3) is 0 Å². The molecule has 1 aliphatic heterocycles. The van der Waals surface area contributed by atoms with E-state index in [0.29, 0.717) is 6.54 Å². The van der Waals surface area contributed by atoms with Crippen molar-refractivity contribution in [2.45, 2.75) is 32.7 Å². The van der Waals surface area contributed by atoms with Gasteiger partial charge < -0.3 is 15.3 Å². The van der Waals surface area contributed by atoms with Gasteiger partial charge in [-0.3, -0.25) is 9.69 Å². The van der Waals surface area contributed by atoms with Crippen LogP contribution < -0.4 is 5.32 Å². The fourth-order valence-electron chi connectivity index (χ4n) is 2.19. The minimum absolute atomic E-state index is 0.0337. The van der Waals surface area contributed by atoms with Gasteiger partial charge in [0.2, 0.25) is 0 Å². The number of rotatable bonds is 6. The van der Waals surface area contributed by atoms with Gasteiger partial charge >= 0.3 is 12.0 Å². The van der Waals surface area contributed by atoms with Crippen LogP contribution in [0.2, 0.25) is 0 Å². The van der Waals surface area contributed by atoms with Gasteiger partial charge in [0, 0.05) is 49.8 Å². The summed E-state index contributed by atoms with van der Waals surface area (Å²) in [5, 5.41) is 11.7. The lowest BCUT2D eigenvalue weighted by molar-refractivity contribution is -0.137. The molecule has 1 aliphatic rings. The fourth-order valence-corrected chi connectivity index (χ4v) is 3.17. The van der Waals surface area contributed by atoms with Crippen molar-refractivity contribution in [1.29, 1.82) is 0 Å². The van der Waals surface area contributed by atoms with Gasteiger partial charge in [0.05, 0.1) is 6.42 Å². The molecule has 0 aromatic rings. The third-order valence-electron chi connectivity index (χ3n) is 3.41. The van der Waals surface area contributed by atoms with Crippen LogP contribution in [0.3, 0.4) is 0 Å². The average Bonchev–Trinajstić information content (AvgIpc) is 2.38. The summed E-state index contributed by atoms with van der Waals surface area (Å²) in [5.74, 6) is 1.42. The summed E-state index contributed by atoms with van der Waals surface area (Å²) in [4.78, 5) is 26.9. The molecule has 0 atom stereocenters. The number of amides is 2. The second-order valence-electron chi connectivity index (χ2n) is 6.15. The zero-order valence-corrected chi connectivity index (χ0v) is 14.0. The summed E-state index contributed by atoms with van der Waals surface area (Å²) in [6.07, 6.45) is -0.0337. The number of carbonyl (C=O) groups is 2. The smallest absolute Gasteiger partial charge is 0.317 e. The molecule has 0 aromatic carbocycles. The Kier molecular flexibility index (Phi) is 7.31. The quantitative estimate of drug-likeness (QED) is 0.773. The Bertz CT molecular complexity index is 352. The maximum Gasteiger partial charge on any atom is 0.317 e. The van der Waals surface area contributed by atoms with E-state index in [1.165, 1.54) is 0 Å². The predicted octanol–water partition coefficient (Wildman–Crippen LogP) is 1.32. The lowest BCUT2D eigenvalue weighted by Crippen LogP contribution is -2.52. The van der Waals surface area contributed by atoms with Gasteiger partial charge in [0.25, 0.3) is 0 Å². The third-order valence-corrected chi connectivity index (χ3v) is 4.35. The highest BCUT2D eigenvalue weighted by Gasteiger charge is 2.26. The van der Waals surface area contributed by atoms with Crippen molar-refractivity contribution < 1.29 is 14.7 Å². The SMILES string of the molecule is CC(C)(C)N(CCC(=O)O)C(=O)NCCN1CCSCC1. The molecule has 7 heteroatoms. The minimum Gasteiger partial charge on any atom is -0.481 e. The molecule has 1 saturated heterocycles. The lowest BCUT2D eigenvalue weighted by Gasteiger charge is -2.35. The molecule has 1 heterocycles. The molecule has 0 aromatic heterocycles. The van der Waals surface area contributed by atoms with E-state index in [1.807, 2.05) is 32.5 Å². The Morgan fingerprint density at radius 1 is 1.29 bits per heavy atom. The van der Waals surface area contributed by atoms with Gasteiger partial charge in [-0.25, -0.2) is 4.79 Å². The predicted molar refractivity (Wildman–Crippen MR) is 85.9 cm³/mol. The van der Waals surface area contributed by atoms with Gasteiger partial charge in [-0.05, 0) is 20.8 Å². The number of carbonyl (C=O) groups excluding carboxylic acids is 1. The number of nitrogens with one attached hydrogen (secondary N) is 1. The van der Waals surface area contributed by atoms with Crippen molar-refractivity contribution in [3.63, 3.8) is 0 Å². The number of hydrogen-bond acceptors (Lipinski definition) is 4. The van der Waals surface area contributed by atoms with Crippen LogP contribution in [0.4, 0.5) is 4.79 Å². The first-order chi connectivity index (χ1) is 9.80. The Hall–Kier alpha value is -0.950. The molecule has 21 heavy (non-hydrogen) atoms. The van der Waals surface area contributed by atoms with Crippen LogP contribution in [-0.2, 0) is 4.79 Å². The van der Waals surface area contributed by atoms with Crippen molar-refractivity contribution in [1.82, 2.24) is 15.1 Å². The standard InChI is InChI=1S/C14H27N3O3S/c1-14(2,3)17(6-4-12(18)19)13(20)15-5-7-16-8-10-21-11-9-16/h4-11H2,1-3H3,(H,15,20)(H,18,19). The topological polar surface area (TPSA) is 72.9 Å². The van der Waals surface area contributed by atoms with Crippen LogP contribution in [0.5, 0.6) is 0 Å². The Labute approximate surface area is 131 Å². The summed E-state index contributed by atoms with van der Waals surface area (Å²) in [5.41, 5.74) is -0.388. The van der Waals surface area contributed by atoms with Crippen molar-refractivity contribution in [3.05, 3.63) is 0 Å². The van der Waals surface area contributed by atoms with E-state index in [-0.39, 0.29) is 24.5 Å². The molecule has 0 unspecified atom stereocenters. The van der Waals surface area contributed by atoms with Gasteiger partial charge in [-0.1, -0.05) is 0 Å². The maximum atomic E-state index is 12.2. The molecule has 122 valence electrons. The number of aliphatic carboxylic acids is 1. The van der Waals surface area contributed by atoms with Gasteiger partial charge in [0.15, 0.2) is 0 Å². The number of carboxylic acid groups (broad SMARTS) is 1. The third kappa shape index (κ3) is 7.04. The number of thioether (sulfide) groups is 1. The fraction of sp³-hybridized carbons (Fsp3) is 0.857. The second kappa shape index (κ2) is 8.48. The van der Waals surface area contributed by atoms with Crippen LogP contribution >= 0.6 is 11.8 Å². The van der Waals surface area contributed by atoms with Crippen LogP contribution in [-0.4, -0.2) is 76.7 Å². The summed E-state index contributed by atoms with van der Waals surface area (Å²) in [6.45, 7) is 9.56. The highest BCUT2D eigenvalue weighted by molar-refractivity contribution is 7.99. The van der Waals surface area contributed by atoms with Crippen molar-refractivity contribution in [2.75, 3.05) is 44.2 Å². The summed E-state index contributed by atoms with van der Waals surface area (Å²) < 4.78 is 0. The number of nitrogens with zero attached hydrogens (tertiary/aromatic N) is 2. The summed E-state index contributed by atoms with van der Waals surface area (Å²) in [7, 11) is 0. The van der Waals surface area contributed by atoms with E-state index >= 15 is 0 Å². The largest absolute Gasteiger partial charge is 0.481 e. The molecule has 0 saturated carbocycles. The second-order valence-corrected chi connectivity index (χ2v) is 7.38. The zero-order valence-electron chi connectivity index (χ0n) is 13.2. The van der Waals surface area contributed by atoms with Crippen molar-refractivity contribution in [2.24, 2.45) is 0 Å². The maximum absolute atomic E-state index is 12.2. The first-order valence-corrected chi connectivity index (χ1v) is 8.53. The highest BCUT2D eigenvalue weighted by atomic mass is 32.2. The molecule has 2 amide bonds. The van der Waals surface area contributed by atoms with E-state index in [9.17, 15) is 9.59 Å². The van der Waals surface area contributed by atoms with Crippen molar-refractivity contribution >= 4 is 23.8 Å². The van der Waals surface area contributed by atoms with Crippen LogP contribution in [0.15, 0.2) is 0 Å². The Morgan fingerprint density at radius 3 is 2.43 bits per heavy atom. The lowest BCUT2D eigenvalue weighted by atomic mass is 10.1. The van der Waals surface area contributed by atoms with Crippen LogP contribution in [0, 0.1) is 0 Å². The molecular weight excluding hydrogens is 290 g/mol. The number of hydrogen-bond donors (Lipinski definition) is 2. The van der Waals surface area contributed by atoms with E-state index in [2.05, 4.69) is 10.2 Å².